The fourth-order valence-electron chi connectivity index (χ4n) is 2.23. The third-order valence-corrected chi connectivity index (χ3v) is 3.46. The van der Waals surface area contributed by atoms with Gasteiger partial charge in [0.1, 0.15) is 18.1 Å². The lowest BCUT2D eigenvalue weighted by Gasteiger charge is -2.10. The van der Waals surface area contributed by atoms with Gasteiger partial charge in [-0.15, -0.1) is 0 Å². The molecule has 0 radical (unpaired) electrons. The van der Waals surface area contributed by atoms with Gasteiger partial charge in [-0.2, -0.15) is 0 Å². The van der Waals surface area contributed by atoms with Crippen LogP contribution in [-0.4, -0.2) is 11.6 Å². The van der Waals surface area contributed by atoms with Crippen LogP contribution in [0.4, 0.5) is 0 Å². The van der Waals surface area contributed by atoms with Crippen LogP contribution in [0.5, 0.6) is 11.5 Å². The van der Waals surface area contributed by atoms with E-state index < -0.39 is 0 Å². The average Bonchev–Trinajstić information content (AvgIpc) is 2.62. The molecule has 0 saturated carbocycles. The highest BCUT2D eigenvalue weighted by Gasteiger charge is 2.00. The maximum absolute atomic E-state index is 5.81. The summed E-state index contributed by atoms with van der Waals surface area (Å²) < 4.78 is 11.6. The summed E-state index contributed by atoms with van der Waals surface area (Å²) in [4.78, 5) is 4.01. The van der Waals surface area contributed by atoms with Crippen LogP contribution in [0.3, 0.4) is 0 Å². The van der Waals surface area contributed by atoms with E-state index in [2.05, 4.69) is 17.1 Å². The molecule has 3 aromatic rings. The third-order valence-electron chi connectivity index (χ3n) is 3.46. The maximum Gasteiger partial charge on any atom is 0.123 e. The highest BCUT2D eigenvalue weighted by molar-refractivity contribution is 5.33. The maximum atomic E-state index is 5.81. The summed E-state index contributed by atoms with van der Waals surface area (Å²) in [6.45, 7) is 1.19. The molecule has 0 unspecified atom stereocenters. The molecule has 0 amide bonds. The molecule has 0 spiro atoms. The monoisotopic (exact) mass is 305 g/mol. The van der Waals surface area contributed by atoms with Gasteiger partial charge in [-0.1, -0.05) is 36.4 Å². The van der Waals surface area contributed by atoms with Gasteiger partial charge in [0.15, 0.2) is 0 Å². The van der Waals surface area contributed by atoms with Gasteiger partial charge in [0.05, 0.1) is 6.61 Å². The Morgan fingerprint density at radius 3 is 2.22 bits per heavy atom. The second-order valence-electron chi connectivity index (χ2n) is 5.20. The van der Waals surface area contributed by atoms with E-state index in [0.29, 0.717) is 13.2 Å². The second kappa shape index (κ2) is 7.99. The van der Waals surface area contributed by atoms with Crippen LogP contribution < -0.4 is 9.47 Å². The van der Waals surface area contributed by atoms with Crippen molar-refractivity contribution < 1.29 is 9.47 Å². The number of rotatable bonds is 7. The molecule has 0 fully saturated rings. The fourth-order valence-corrected chi connectivity index (χ4v) is 2.23. The Morgan fingerprint density at radius 2 is 1.43 bits per heavy atom. The number of nitrogens with zero attached hydrogens (tertiary/aromatic N) is 1. The predicted molar refractivity (Wildman–Crippen MR) is 90.7 cm³/mol. The number of benzene rings is 2. The highest BCUT2D eigenvalue weighted by Crippen LogP contribution is 2.20. The van der Waals surface area contributed by atoms with Crippen molar-refractivity contribution >= 4 is 0 Å². The van der Waals surface area contributed by atoms with E-state index in [1.54, 1.807) is 12.4 Å². The average molecular weight is 305 g/mol. The molecule has 0 bridgehead atoms. The highest BCUT2D eigenvalue weighted by atomic mass is 16.5. The quantitative estimate of drug-likeness (QED) is 0.653. The number of hydrogen-bond donors (Lipinski definition) is 0. The lowest BCUT2D eigenvalue weighted by Crippen LogP contribution is -2.02. The smallest absolute Gasteiger partial charge is 0.123 e. The van der Waals surface area contributed by atoms with Crippen LogP contribution in [0, 0.1) is 0 Å². The minimum Gasteiger partial charge on any atom is -0.493 e. The standard InChI is InChI=1S/C20H19NO2/c1-2-5-18(6-3-1)16-23-20-8-4-7-19(15-20)22-14-11-17-9-12-21-13-10-17/h1-10,12-13,15H,11,14,16H2. The molecule has 3 nitrogen and oxygen atoms in total. The van der Waals surface area contributed by atoms with Crippen LogP contribution >= 0.6 is 0 Å². The van der Waals surface area contributed by atoms with Crippen LogP contribution in [0.2, 0.25) is 0 Å². The van der Waals surface area contributed by atoms with Gasteiger partial charge >= 0.3 is 0 Å². The van der Waals surface area contributed by atoms with Crippen LogP contribution in [0.15, 0.2) is 79.1 Å². The number of ether oxygens (including phenoxy) is 2. The zero-order chi connectivity index (χ0) is 15.7. The molecule has 0 aliphatic rings. The van der Waals surface area contributed by atoms with Gasteiger partial charge in [0, 0.05) is 24.9 Å². The van der Waals surface area contributed by atoms with Crippen LogP contribution in [0.1, 0.15) is 11.1 Å². The predicted octanol–water partition coefficient (Wildman–Crippen LogP) is 4.28. The molecule has 3 rings (SSSR count). The van der Waals surface area contributed by atoms with Crippen molar-refractivity contribution in [3.8, 4) is 11.5 Å². The Balaban J connectivity index is 1.51. The van der Waals surface area contributed by atoms with E-state index in [0.717, 1.165) is 23.5 Å². The van der Waals surface area contributed by atoms with Gasteiger partial charge in [-0.25, -0.2) is 0 Å². The zero-order valence-corrected chi connectivity index (χ0v) is 12.9. The van der Waals surface area contributed by atoms with E-state index >= 15 is 0 Å². The van der Waals surface area contributed by atoms with E-state index in [1.165, 1.54) is 5.56 Å². The minimum atomic E-state index is 0.557. The molecule has 0 aliphatic carbocycles. The van der Waals surface area contributed by atoms with E-state index in [4.69, 9.17) is 9.47 Å². The Labute approximate surface area is 136 Å². The van der Waals surface area contributed by atoms with Crippen molar-refractivity contribution in [2.75, 3.05) is 6.61 Å². The lowest BCUT2D eigenvalue weighted by atomic mass is 10.2. The molecule has 0 atom stereocenters. The Bertz CT molecular complexity index is 714. The van der Waals surface area contributed by atoms with E-state index in [1.807, 2.05) is 54.6 Å². The molecular weight excluding hydrogens is 286 g/mol. The summed E-state index contributed by atoms with van der Waals surface area (Å²) in [5.41, 5.74) is 2.37. The van der Waals surface area contributed by atoms with Gasteiger partial charge in [-0.05, 0) is 35.4 Å². The first-order chi connectivity index (χ1) is 11.4. The first-order valence-corrected chi connectivity index (χ1v) is 7.69. The normalized spacial score (nSPS) is 10.3. The fraction of sp³-hybridized carbons (Fsp3) is 0.150. The molecule has 116 valence electrons. The zero-order valence-electron chi connectivity index (χ0n) is 12.9. The Hall–Kier alpha value is -2.81. The van der Waals surface area contributed by atoms with Crippen molar-refractivity contribution in [2.24, 2.45) is 0 Å². The summed E-state index contributed by atoms with van der Waals surface area (Å²) in [6, 6.07) is 21.9. The largest absolute Gasteiger partial charge is 0.493 e. The SMILES string of the molecule is c1ccc(COc2cccc(OCCc3ccncc3)c2)cc1. The first kappa shape index (κ1) is 15.1. The molecule has 3 heteroatoms. The van der Waals surface area contributed by atoms with Gasteiger partial charge in [0.2, 0.25) is 0 Å². The van der Waals surface area contributed by atoms with Crippen molar-refractivity contribution in [1.82, 2.24) is 4.98 Å². The van der Waals surface area contributed by atoms with Crippen LogP contribution in [0.25, 0.3) is 0 Å². The molecule has 23 heavy (non-hydrogen) atoms. The Morgan fingerprint density at radius 1 is 0.696 bits per heavy atom. The molecule has 0 N–H and O–H groups in total. The molecule has 0 aliphatic heterocycles. The summed E-state index contributed by atoms with van der Waals surface area (Å²) in [5.74, 6) is 1.64. The topological polar surface area (TPSA) is 31.4 Å². The molecule has 0 saturated heterocycles. The Kier molecular flexibility index (Phi) is 5.25. The summed E-state index contributed by atoms with van der Waals surface area (Å²) in [7, 11) is 0. The second-order valence-corrected chi connectivity index (χ2v) is 5.20. The summed E-state index contributed by atoms with van der Waals surface area (Å²) in [6.07, 6.45) is 4.46. The molecule has 1 heterocycles. The van der Waals surface area contributed by atoms with Crippen molar-refractivity contribution in [3.63, 3.8) is 0 Å². The van der Waals surface area contributed by atoms with E-state index in [9.17, 15) is 0 Å². The van der Waals surface area contributed by atoms with Gasteiger partial charge in [-0.3, -0.25) is 4.98 Å². The van der Waals surface area contributed by atoms with Crippen molar-refractivity contribution in [1.29, 1.82) is 0 Å². The van der Waals surface area contributed by atoms with E-state index in [-0.39, 0.29) is 0 Å². The third kappa shape index (κ3) is 4.85. The molecular formula is C20H19NO2. The molecule has 2 aromatic carbocycles. The number of pyridine rings is 1. The summed E-state index contributed by atoms with van der Waals surface area (Å²) >= 11 is 0. The lowest BCUT2D eigenvalue weighted by molar-refractivity contribution is 0.296. The molecule has 1 aromatic heterocycles. The van der Waals surface area contributed by atoms with Gasteiger partial charge in [0.25, 0.3) is 0 Å². The van der Waals surface area contributed by atoms with Gasteiger partial charge < -0.3 is 9.47 Å². The van der Waals surface area contributed by atoms with Crippen LogP contribution in [-0.2, 0) is 13.0 Å². The first-order valence-electron chi connectivity index (χ1n) is 7.69. The minimum absolute atomic E-state index is 0.557. The van der Waals surface area contributed by atoms with Crippen molar-refractivity contribution in [2.45, 2.75) is 13.0 Å². The summed E-state index contributed by atoms with van der Waals surface area (Å²) in [5, 5.41) is 0. The van der Waals surface area contributed by atoms with Crippen molar-refractivity contribution in [3.05, 3.63) is 90.3 Å². The number of hydrogen-bond acceptors (Lipinski definition) is 3. The number of aromatic nitrogens is 1.